The summed E-state index contributed by atoms with van der Waals surface area (Å²) in [4.78, 5) is 28.1. The molecule has 1 unspecified atom stereocenters. The molecule has 2 aliphatic rings. The minimum atomic E-state index is -0.232. The molecule has 8 heteroatoms. The molecule has 0 aromatic carbocycles. The highest BCUT2D eigenvalue weighted by molar-refractivity contribution is 7.10. The van der Waals surface area contributed by atoms with E-state index in [4.69, 9.17) is 0 Å². The first kappa shape index (κ1) is 15.1. The predicted octanol–water partition coefficient (Wildman–Crippen LogP) is 1.94. The van der Waals surface area contributed by atoms with Gasteiger partial charge in [-0.3, -0.25) is 5.32 Å². The van der Waals surface area contributed by atoms with Gasteiger partial charge in [0.2, 0.25) is 0 Å². The molecule has 120 valence electrons. The zero-order valence-corrected chi connectivity index (χ0v) is 13.3. The lowest BCUT2D eigenvalue weighted by atomic mass is 10.1. The highest BCUT2D eigenvalue weighted by Crippen LogP contribution is 2.16. The van der Waals surface area contributed by atoms with Crippen molar-refractivity contribution in [2.24, 2.45) is 0 Å². The Hall–Kier alpha value is -1.83. The van der Waals surface area contributed by atoms with Gasteiger partial charge in [0.15, 0.2) is 0 Å². The van der Waals surface area contributed by atoms with E-state index in [1.807, 2.05) is 9.80 Å². The third-order valence-corrected chi connectivity index (χ3v) is 4.74. The maximum Gasteiger partial charge on any atom is 0.320 e. The Bertz CT molecular complexity index is 515. The third-order valence-electron chi connectivity index (χ3n) is 4.08. The molecular weight excluding hydrogens is 302 g/mol. The SMILES string of the molecule is O=C(Nc1ccns1)NC1CCCN(C(=O)N2CCCC2)C1. The number of aromatic nitrogens is 1. The van der Waals surface area contributed by atoms with Crippen molar-refractivity contribution in [3.8, 4) is 0 Å². The first-order valence-corrected chi connectivity index (χ1v) is 8.52. The summed E-state index contributed by atoms with van der Waals surface area (Å²) in [5.74, 6) is 0. The zero-order chi connectivity index (χ0) is 15.4. The standard InChI is InChI=1S/C14H21N5O2S/c20-13(17-12-5-6-15-22-12)16-11-4-3-9-19(10-11)14(21)18-7-1-2-8-18/h5-6,11H,1-4,7-10H2,(H2,16,17,20). The summed E-state index contributed by atoms with van der Waals surface area (Å²) in [6.45, 7) is 3.09. The van der Waals surface area contributed by atoms with Crippen LogP contribution in [0.1, 0.15) is 25.7 Å². The molecule has 1 aromatic rings. The summed E-state index contributed by atoms with van der Waals surface area (Å²) in [6, 6.07) is 1.65. The monoisotopic (exact) mass is 323 g/mol. The molecule has 3 heterocycles. The van der Waals surface area contributed by atoms with Crippen molar-refractivity contribution in [1.82, 2.24) is 19.5 Å². The van der Waals surface area contributed by atoms with Crippen molar-refractivity contribution in [2.45, 2.75) is 31.7 Å². The van der Waals surface area contributed by atoms with E-state index in [1.165, 1.54) is 11.5 Å². The Morgan fingerprint density at radius 3 is 2.68 bits per heavy atom. The van der Waals surface area contributed by atoms with Crippen LogP contribution in [0.3, 0.4) is 0 Å². The number of rotatable bonds is 2. The van der Waals surface area contributed by atoms with Gasteiger partial charge in [0.05, 0.1) is 0 Å². The predicted molar refractivity (Wildman–Crippen MR) is 85.1 cm³/mol. The molecule has 4 amide bonds. The molecule has 1 aromatic heterocycles. The summed E-state index contributed by atoms with van der Waals surface area (Å²) in [6.07, 6.45) is 5.67. The number of urea groups is 2. The van der Waals surface area contributed by atoms with Crippen molar-refractivity contribution >= 4 is 28.6 Å². The van der Waals surface area contributed by atoms with Gasteiger partial charge in [-0.2, -0.15) is 4.37 Å². The average molecular weight is 323 g/mol. The van der Waals surface area contributed by atoms with E-state index in [-0.39, 0.29) is 18.1 Å². The summed E-state index contributed by atoms with van der Waals surface area (Å²) < 4.78 is 3.94. The lowest BCUT2D eigenvalue weighted by Gasteiger charge is -2.35. The van der Waals surface area contributed by atoms with Crippen molar-refractivity contribution in [3.05, 3.63) is 12.3 Å². The molecule has 2 fully saturated rings. The van der Waals surface area contributed by atoms with Crippen LogP contribution in [-0.2, 0) is 0 Å². The lowest BCUT2D eigenvalue weighted by Crippen LogP contribution is -2.53. The largest absolute Gasteiger partial charge is 0.333 e. The molecule has 2 N–H and O–H groups in total. The van der Waals surface area contributed by atoms with Crippen LogP contribution in [0, 0.1) is 0 Å². The summed E-state index contributed by atoms with van der Waals surface area (Å²) in [5, 5.41) is 6.43. The van der Waals surface area contributed by atoms with Gasteiger partial charge in [-0.15, -0.1) is 0 Å². The Morgan fingerprint density at radius 2 is 1.95 bits per heavy atom. The number of piperidine rings is 1. The minimum Gasteiger partial charge on any atom is -0.333 e. The summed E-state index contributed by atoms with van der Waals surface area (Å²) in [7, 11) is 0. The van der Waals surface area contributed by atoms with E-state index in [1.54, 1.807) is 12.3 Å². The summed E-state index contributed by atoms with van der Waals surface area (Å²) in [5.41, 5.74) is 0. The van der Waals surface area contributed by atoms with Crippen LogP contribution in [0.15, 0.2) is 12.3 Å². The van der Waals surface area contributed by atoms with Crippen LogP contribution in [0.2, 0.25) is 0 Å². The molecule has 22 heavy (non-hydrogen) atoms. The average Bonchev–Trinajstić information content (AvgIpc) is 3.19. The maximum absolute atomic E-state index is 12.4. The van der Waals surface area contributed by atoms with Crippen LogP contribution in [-0.4, -0.2) is 58.5 Å². The molecule has 0 bridgehead atoms. The fraction of sp³-hybridized carbons (Fsp3) is 0.643. The zero-order valence-electron chi connectivity index (χ0n) is 12.5. The van der Waals surface area contributed by atoms with E-state index in [9.17, 15) is 9.59 Å². The minimum absolute atomic E-state index is 0.00762. The normalized spacial score (nSPS) is 21.7. The van der Waals surface area contributed by atoms with Crippen molar-refractivity contribution in [3.63, 3.8) is 0 Å². The number of nitrogens with zero attached hydrogens (tertiary/aromatic N) is 3. The fourth-order valence-electron chi connectivity index (χ4n) is 2.99. The molecule has 2 aliphatic heterocycles. The van der Waals surface area contributed by atoms with Crippen LogP contribution >= 0.6 is 11.5 Å². The van der Waals surface area contributed by atoms with Crippen LogP contribution in [0.25, 0.3) is 0 Å². The fourth-order valence-corrected chi connectivity index (χ4v) is 3.49. The molecule has 0 radical (unpaired) electrons. The van der Waals surface area contributed by atoms with Gasteiger partial charge >= 0.3 is 12.1 Å². The van der Waals surface area contributed by atoms with Crippen LogP contribution in [0.4, 0.5) is 14.6 Å². The van der Waals surface area contributed by atoms with Gasteiger partial charge in [-0.25, -0.2) is 9.59 Å². The number of hydrogen-bond donors (Lipinski definition) is 2. The second-order valence-corrected chi connectivity index (χ2v) is 6.57. The third kappa shape index (κ3) is 3.68. The number of likely N-dealkylation sites (tertiary alicyclic amines) is 2. The van der Waals surface area contributed by atoms with Gasteiger partial charge in [0, 0.05) is 38.4 Å². The van der Waals surface area contributed by atoms with E-state index in [2.05, 4.69) is 15.0 Å². The second-order valence-electron chi connectivity index (χ2n) is 5.74. The highest BCUT2D eigenvalue weighted by atomic mass is 32.1. The molecular formula is C14H21N5O2S. The van der Waals surface area contributed by atoms with Crippen LogP contribution in [0.5, 0.6) is 0 Å². The highest BCUT2D eigenvalue weighted by Gasteiger charge is 2.29. The van der Waals surface area contributed by atoms with E-state index in [0.717, 1.165) is 50.3 Å². The number of nitrogens with one attached hydrogen (secondary N) is 2. The van der Waals surface area contributed by atoms with Crippen LogP contribution < -0.4 is 10.6 Å². The Labute approximate surface area is 133 Å². The number of carbonyl (C=O) groups excluding carboxylic acids is 2. The number of hydrogen-bond acceptors (Lipinski definition) is 4. The lowest BCUT2D eigenvalue weighted by molar-refractivity contribution is 0.143. The first-order chi connectivity index (χ1) is 10.7. The van der Waals surface area contributed by atoms with Gasteiger partial charge in [-0.05, 0) is 43.3 Å². The Morgan fingerprint density at radius 1 is 1.18 bits per heavy atom. The first-order valence-electron chi connectivity index (χ1n) is 7.74. The van der Waals surface area contributed by atoms with Crippen molar-refractivity contribution < 1.29 is 9.59 Å². The van der Waals surface area contributed by atoms with E-state index < -0.39 is 0 Å². The maximum atomic E-state index is 12.4. The van der Waals surface area contributed by atoms with Gasteiger partial charge in [-0.1, -0.05) is 0 Å². The van der Waals surface area contributed by atoms with Crippen molar-refractivity contribution in [1.29, 1.82) is 0 Å². The molecule has 0 saturated carbocycles. The number of anilines is 1. The molecule has 0 aliphatic carbocycles. The van der Waals surface area contributed by atoms with Crippen molar-refractivity contribution in [2.75, 3.05) is 31.5 Å². The molecule has 3 rings (SSSR count). The van der Waals surface area contributed by atoms with Gasteiger partial charge < -0.3 is 15.1 Å². The van der Waals surface area contributed by atoms with E-state index >= 15 is 0 Å². The van der Waals surface area contributed by atoms with E-state index in [0.29, 0.717) is 6.54 Å². The quantitative estimate of drug-likeness (QED) is 0.873. The molecule has 1 atom stereocenters. The van der Waals surface area contributed by atoms with Gasteiger partial charge in [0.25, 0.3) is 0 Å². The second kappa shape index (κ2) is 6.95. The Balaban J connectivity index is 1.49. The molecule has 0 spiro atoms. The number of carbonyl (C=O) groups is 2. The summed E-state index contributed by atoms with van der Waals surface area (Å²) >= 11 is 1.24. The molecule has 7 nitrogen and oxygen atoms in total. The van der Waals surface area contributed by atoms with Gasteiger partial charge in [0.1, 0.15) is 5.00 Å². The number of amides is 4. The molecule has 2 saturated heterocycles. The smallest absolute Gasteiger partial charge is 0.320 e. The topological polar surface area (TPSA) is 77.6 Å². The Kier molecular flexibility index (Phi) is 4.77.